The number of aryl methyl sites for hydroxylation is 1. The standard InChI is InChI=1S/C11H12F5NO/c1-6-2-3-7(10(13)9(6)12)8(17)4-18-5-11(14,15)16/h2-3,8H,4-5,17H2,1H3. The number of alkyl halides is 3. The van der Waals surface area contributed by atoms with Crippen molar-refractivity contribution in [3.8, 4) is 0 Å². The third-order valence-electron chi connectivity index (χ3n) is 2.27. The van der Waals surface area contributed by atoms with Gasteiger partial charge in [-0.3, -0.25) is 0 Å². The molecule has 0 amide bonds. The third kappa shape index (κ3) is 3.92. The Kier molecular flexibility index (Phi) is 4.64. The Morgan fingerprint density at radius 2 is 1.83 bits per heavy atom. The fourth-order valence-electron chi connectivity index (χ4n) is 1.34. The second-order valence-corrected chi connectivity index (χ2v) is 3.84. The van der Waals surface area contributed by atoms with Gasteiger partial charge in [-0.1, -0.05) is 12.1 Å². The smallest absolute Gasteiger partial charge is 0.370 e. The molecular formula is C11H12F5NO. The monoisotopic (exact) mass is 269 g/mol. The van der Waals surface area contributed by atoms with Crippen molar-refractivity contribution < 1.29 is 26.7 Å². The van der Waals surface area contributed by atoms with E-state index in [0.717, 1.165) is 0 Å². The molecule has 0 radical (unpaired) electrons. The molecule has 2 nitrogen and oxygen atoms in total. The van der Waals surface area contributed by atoms with Crippen LogP contribution in [-0.2, 0) is 4.74 Å². The van der Waals surface area contributed by atoms with E-state index in [1.54, 1.807) is 0 Å². The summed E-state index contributed by atoms with van der Waals surface area (Å²) in [5.41, 5.74) is 5.33. The van der Waals surface area contributed by atoms with Crippen LogP contribution in [0.1, 0.15) is 17.2 Å². The van der Waals surface area contributed by atoms with Crippen LogP contribution >= 0.6 is 0 Å². The van der Waals surface area contributed by atoms with Gasteiger partial charge in [-0.2, -0.15) is 13.2 Å². The maximum atomic E-state index is 13.4. The highest BCUT2D eigenvalue weighted by Crippen LogP contribution is 2.21. The van der Waals surface area contributed by atoms with Crippen molar-refractivity contribution in [2.45, 2.75) is 19.1 Å². The molecule has 1 atom stereocenters. The molecule has 102 valence electrons. The fourth-order valence-corrected chi connectivity index (χ4v) is 1.34. The van der Waals surface area contributed by atoms with Gasteiger partial charge in [-0.25, -0.2) is 8.78 Å². The lowest BCUT2D eigenvalue weighted by Gasteiger charge is -2.15. The molecule has 0 bridgehead atoms. The number of rotatable bonds is 4. The first-order valence-corrected chi connectivity index (χ1v) is 5.07. The van der Waals surface area contributed by atoms with Crippen molar-refractivity contribution in [3.05, 3.63) is 34.9 Å². The summed E-state index contributed by atoms with van der Waals surface area (Å²) in [4.78, 5) is 0. The zero-order valence-electron chi connectivity index (χ0n) is 9.52. The lowest BCUT2D eigenvalue weighted by molar-refractivity contribution is -0.174. The summed E-state index contributed by atoms with van der Waals surface area (Å²) >= 11 is 0. The fraction of sp³-hybridized carbons (Fsp3) is 0.455. The molecular weight excluding hydrogens is 257 g/mol. The van der Waals surface area contributed by atoms with Gasteiger partial charge in [0.2, 0.25) is 0 Å². The van der Waals surface area contributed by atoms with Gasteiger partial charge >= 0.3 is 6.18 Å². The van der Waals surface area contributed by atoms with Crippen LogP contribution in [0.3, 0.4) is 0 Å². The molecule has 0 saturated heterocycles. The summed E-state index contributed by atoms with van der Waals surface area (Å²) in [6.45, 7) is -0.649. The van der Waals surface area contributed by atoms with Crippen molar-refractivity contribution in [3.63, 3.8) is 0 Å². The highest BCUT2D eigenvalue weighted by molar-refractivity contribution is 5.27. The van der Waals surface area contributed by atoms with Crippen molar-refractivity contribution in [2.75, 3.05) is 13.2 Å². The Hall–Kier alpha value is -1.21. The molecule has 0 aliphatic carbocycles. The molecule has 0 aliphatic heterocycles. The van der Waals surface area contributed by atoms with Crippen LogP contribution in [0.5, 0.6) is 0 Å². The molecule has 1 aromatic rings. The second-order valence-electron chi connectivity index (χ2n) is 3.84. The largest absolute Gasteiger partial charge is 0.411 e. The average Bonchev–Trinajstić information content (AvgIpc) is 2.24. The van der Waals surface area contributed by atoms with Gasteiger partial charge < -0.3 is 10.5 Å². The minimum absolute atomic E-state index is 0.0969. The summed E-state index contributed by atoms with van der Waals surface area (Å²) in [7, 11) is 0. The molecule has 1 unspecified atom stereocenters. The SMILES string of the molecule is Cc1ccc(C(N)COCC(F)(F)F)c(F)c1F. The maximum Gasteiger partial charge on any atom is 0.411 e. The number of nitrogens with two attached hydrogens (primary N) is 1. The number of hydrogen-bond acceptors (Lipinski definition) is 2. The van der Waals surface area contributed by atoms with E-state index in [4.69, 9.17) is 5.73 Å². The van der Waals surface area contributed by atoms with Gasteiger partial charge in [-0.05, 0) is 12.5 Å². The molecule has 0 fully saturated rings. The van der Waals surface area contributed by atoms with Gasteiger partial charge in [0.15, 0.2) is 11.6 Å². The van der Waals surface area contributed by atoms with Gasteiger partial charge in [0.05, 0.1) is 12.6 Å². The molecule has 2 N–H and O–H groups in total. The zero-order valence-corrected chi connectivity index (χ0v) is 9.52. The van der Waals surface area contributed by atoms with Crippen LogP contribution in [0, 0.1) is 18.6 Å². The Morgan fingerprint density at radius 1 is 1.22 bits per heavy atom. The van der Waals surface area contributed by atoms with Crippen molar-refractivity contribution in [2.24, 2.45) is 5.73 Å². The highest BCUT2D eigenvalue weighted by Gasteiger charge is 2.28. The first kappa shape index (κ1) is 14.8. The molecule has 0 aromatic heterocycles. The molecule has 0 aliphatic rings. The normalized spacial score (nSPS) is 13.7. The molecule has 0 spiro atoms. The number of benzene rings is 1. The third-order valence-corrected chi connectivity index (χ3v) is 2.27. The van der Waals surface area contributed by atoms with E-state index in [2.05, 4.69) is 4.74 Å². The Bertz CT molecular complexity index is 419. The van der Waals surface area contributed by atoms with Gasteiger partial charge in [0.25, 0.3) is 0 Å². The van der Waals surface area contributed by atoms with E-state index >= 15 is 0 Å². The van der Waals surface area contributed by atoms with E-state index in [1.165, 1.54) is 19.1 Å². The van der Waals surface area contributed by atoms with Gasteiger partial charge in [0, 0.05) is 5.56 Å². The second kappa shape index (κ2) is 5.62. The topological polar surface area (TPSA) is 35.2 Å². The van der Waals surface area contributed by atoms with E-state index in [1.807, 2.05) is 0 Å². The minimum atomic E-state index is -4.48. The summed E-state index contributed by atoms with van der Waals surface area (Å²) in [6, 6.07) is 1.38. The van der Waals surface area contributed by atoms with E-state index < -0.39 is 37.1 Å². The molecule has 0 saturated carbocycles. The Morgan fingerprint density at radius 3 is 2.39 bits per heavy atom. The van der Waals surface area contributed by atoms with Crippen LogP contribution in [0.2, 0.25) is 0 Å². The maximum absolute atomic E-state index is 13.4. The van der Waals surface area contributed by atoms with Crippen molar-refractivity contribution >= 4 is 0 Å². The molecule has 1 aromatic carbocycles. The molecule has 0 heterocycles. The average molecular weight is 269 g/mol. The lowest BCUT2D eigenvalue weighted by atomic mass is 10.1. The zero-order chi connectivity index (χ0) is 13.9. The summed E-state index contributed by atoms with van der Waals surface area (Å²) in [5.74, 6) is -2.21. The van der Waals surface area contributed by atoms with Crippen LogP contribution in [0.25, 0.3) is 0 Å². The summed E-state index contributed by atoms with van der Waals surface area (Å²) in [5, 5.41) is 0. The van der Waals surface area contributed by atoms with Crippen LogP contribution in [0.4, 0.5) is 22.0 Å². The summed E-state index contributed by atoms with van der Waals surface area (Å²) in [6.07, 6.45) is -4.48. The minimum Gasteiger partial charge on any atom is -0.370 e. The lowest BCUT2D eigenvalue weighted by Crippen LogP contribution is -2.24. The number of ether oxygens (including phenoxy) is 1. The van der Waals surface area contributed by atoms with Crippen LogP contribution in [0.15, 0.2) is 12.1 Å². The predicted molar refractivity (Wildman–Crippen MR) is 54.9 cm³/mol. The Labute approximate surface area is 101 Å². The van der Waals surface area contributed by atoms with Gasteiger partial charge in [-0.15, -0.1) is 0 Å². The molecule has 18 heavy (non-hydrogen) atoms. The highest BCUT2D eigenvalue weighted by atomic mass is 19.4. The van der Waals surface area contributed by atoms with Crippen molar-refractivity contribution in [1.82, 2.24) is 0 Å². The quantitative estimate of drug-likeness (QED) is 0.853. The first-order valence-electron chi connectivity index (χ1n) is 5.07. The number of halogens is 5. The first-order chi connectivity index (χ1) is 8.22. The van der Waals surface area contributed by atoms with Crippen LogP contribution < -0.4 is 5.73 Å². The Balaban J connectivity index is 2.68. The van der Waals surface area contributed by atoms with E-state index in [-0.39, 0.29) is 11.1 Å². The predicted octanol–water partition coefficient (Wildman–Crippen LogP) is 2.85. The van der Waals surface area contributed by atoms with Gasteiger partial charge in [0.1, 0.15) is 6.61 Å². The van der Waals surface area contributed by atoms with E-state index in [9.17, 15) is 22.0 Å². The van der Waals surface area contributed by atoms with Crippen LogP contribution in [-0.4, -0.2) is 19.4 Å². The van der Waals surface area contributed by atoms with E-state index in [0.29, 0.717) is 0 Å². The molecule has 7 heteroatoms. The van der Waals surface area contributed by atoms with Crippen molar-refractivity contribution in [1.29, 1.82) is 0 Å². The summed E-state index contributed by atoms with van der Waals surface area (Å²) < 4.78 is 66.4. The molecule has 1 rings (SSSR count). The number of hydrogen-bond donors (Lipinski definition) is 1.